The number of hydrogen-bond acceptors (Lipinski definition) is 3. The summed E-state index contributed by atoms with van der Waals surface area (Å²) in [5.41, 5.74) is 0.533. The van der Waals surface area contributed by atoms with Gasteiger partial charge < -0.3 is 9.84 Å². The van der Waals surface area contributed by atoms with Gasteiger partial charge in [0.2, 0.25) is 0 Å². The number of benzene rings is 1. The standard InChI is InChI=1S/C13H13FO2S/c1-8-3-6-12(17-8)13(15)9-4-5-11(16-2)10(14)7-9/h3-7,13,15H,1-2H3/t13-/m1/s1. The van der Waals surface area contributed by atoms with Gasteiger partial charge in [0.05, 0.1) is 7.11 Å². The molecule has 2 rings (SSSR count). The number of ether oxygens (including phenoxy) is 1. The van der Waals surface area contributed by atoms with Crippen LogP contribution in [-0.2, 0) is 0 Å². The second kappa shape index (κ2) is 4.85. The SMILES string of the molecule is COc1ccc([C@@H](O)c2ccc(C)s2)cc1F. The van der Waals surface area contributed by atoms with Gasteiger partial charge in [-0.3, -0.25) is 0 Å². The van der Waals surface area contributed by atoms with Gasteiger partial charge in [0.25, 0.3) is 0 Å². The summed E-state index contributed by atoms with van der Waals surface area (Å²) in [6, 6.07) is 8.28. The Labute approximate surface area is 103 Å². The van der Waals surface area contributed by atoms with Crippen LogP contribution in [0.5, 0.6) is 5.75 Å². The summed E-state index contributed by atoms with van der Waals surface area (Å²) in [5, 5.41) is 10.1. The molecule has 0 saturated heterocycles. The van der Waals surface area contributed by atoms with Gasteiger partial charge in [-0.15, -0.1) is 11.3 Å². The van der Waals surface area contributed by atoms with E-state index in [1.165, 1.54) is 30.6 Å². The van der Waals surface area contributed by atoms with Crippen LogP contribution in [0.2, 0.25) is 0 Å². The van der Waals surface area contributed by atoms with Crippen molar-refractivity contribution in [1.82, 2.24) is 0 Å². The molecule has 0 amide bonds. The van der Waals surface area contributed by atoms with Crippen molar-refractivity contribution >= 4 is 11.3 Å². The molecule has 0 aliphatic heterocycles. The summed E-state index contributed by atoms with van der Waals surface area (Å²) in [7, 11) is 1.41. The molecule has 1 N–H and O–H groups in total. The van der Waals surface area contributed by atoms with Crippen molar-refractivity contribution in [1.29, 1.82) is 0 Å². The zero-order valence-corrected chi connectivity index (χ0v) is 10.4. The summed E-state index contributed by atoms with van der Waals surface area (Å²) in [5.74, 6) is -0.277. The highest BCUT2D eigenvalue weighted by Gasteiger charge is 2.14. The topological polar surface area (TPSA) is 29.5 Å². The van der Waals surface area contributed by atoms with Crippen LogP contribution >= 0.6 is 11.3 Å². The molecule has 0 bridgehead atoms. The zero-order valence-electron chi connectivity index (χ0n) is 9.61. The van der Waals surface area contributed by atoms with E-state index in [4.69, 9.17) is 4.74 Å². The van der Waals surface area contributed by atoms with Crippen LogP contribution in [0.4, 0.5) is 4.39 Å². The lowest BCUT2D eigenvalue weighted by Gasteiger charge is -2.10. The molecular formula is C13H13FO2S. The van der Waals surface area contributed by atoms with Gasteiger partial charge in [0, 0.05) is 9.75 Å². The van der Waals surface area contributed by atoms with E-state index >= 15 is 0 Å². The normalized spacial score (nSPS) is 12.5. The van der Waals surface area contributed by atoms with Crippen molar-refractivity contribution in [3.63, 3.8) is 0 Å². The molecule has 1 aromatic carbocycles. The first-order valence-electron chi connectivity index (χ1n) is 5.19. The third-order valence-electron chi connectivity index (χ3n) is 2.52. The van der Waals surface area contributed by atoms with Crippen LogP contribution in [0, 0.1) is 12.7 Å². The molecule has 0 aliphatic carbocycles. The highest BCUT2D eigenvalue weighted by atomic mass is 32.1. The fourth-order valence-corrected chi connectivity index (χ4v) is 2.51. The molecule has 1 aromatic heterocycles. The lowest BCUT2D eigenvalue weighted by atomic mass is 10.1. The molecule has 0 spiro atoms. The summed E-state index contributed by atoms with van der Waals surface area (Å²) in [6.45, 7) is 1.97. The third kappa shape index (κ3) is 2.48. The first-order valence-corrected chi connectivity index (χ1v) is 6.01. The van der Waals surface area contributed by atoms with Crippen molar-refractivity contribution in [2.45, 2.75) is 13.0 Å². The Morgan fingerprint density at radius 1 is 1.29 bits per heavy atom. The van der Waals surface area contributed by atoms with Crippen LogP contribution in [0.3, 0.4) is 0 Å². The second-order valence-corrected chi connectivity index (χ2v) is 5.06. The molecule has 90 valence electrons. The number of aliphatic hydroxyl groups is 1. The number of hydrogen-bond donors (Lipinski definition) is 1. The van der Waals surface area contributed by atoms with Gasteiger partial charge in [-0.1, -0.05) is 6.07 Å². The molecule has 0 fully saturated rings. The van der Waals surface area contributed by atoms with E-state index in [1.807, 2.05) is 19.1 Å². The average Bonchev–Trinajstić information content (AvgIpc) is 2.75. The summed E-state index contributed by atoms with van der Waals surface area (Å²) in [4.78, 5) is 1.93. The molecule has 4 heteroatoms. The Morgan fingerprint density at radius 2 is 2.06 bits per heavy atom. The first kappa shape index (κ1) is 12.1. The maximum absolute atomic E-state index is 13.5. The first-order chi connectivity index (χ1) is 8.11. The van der Waals surface area contributed by atoms with Gasteiger partial charge in [-0.2, -0.15) is 0 Å². The Bertz CT molecular complexity index is 522. The maximum Gasteiger partial charge on any atom is 0.165 e. The molecule has 1 heterocycles. The smallest absolute Gasteiger partial charge is 0.165 e. The molecular weight excluding hydrogens is 239 g/mol. The van der Waals surface area contributed by atoms with Crippen LogP contribution in [-0.4, -0.2) is 12.2 Å². The van der Waals surface area contributed by atoms with E-state index in [1.54, 1.807) is 6.07 Å². The van der Waals surface area contributed by atoms with Crippen LogP contribution in [0.15, 0.2) is 30.3 Å². The predicted octanol–water partition coefficient (Wildman–Crippen LogP) is 3.29. The number of aryl methyl sites for hydroxylation is 1. The lowest BCUT2D eigenvalue weighted by molar-refractivity contribution is 0.223. The fourth-order valence-electron chi connectivity index (χ4n) is 1.62. The van der Waals surface area contributed by atoms with Crippen LogP contribution < -0.4 is 4.74 Å². The Balaban J connectivity index is 2.31. The summed E-state index contributed by atoms with van der Waals surface area (Å²) < 4.78 is 18.3. The van der Waals surface area contributed by atoms with E-state index in [0.717, 1.165) is 9.75 Å². The molecule has 0 radical (unpaired) electrons. The quantitative estimate of drug-likeness (QED) is 0.908. The minimum absolute atomic E-state index is 0.184. The van der Waals surface area contributed by atoms with Crippen LogP contribution in [0.1, 0.15) is 21.4 Å². The van der Waals surface area contributed by atoms with Crippen molar-refractivity contribution in [3.05, 3.63) is 51.5 Å². The highest BCUT2D eigenvalue weighted by molar-refractivity contribution is 7.12. The molecule has 2 aromatic rings. The predicted molar refractivity (Wildman–Crippen MR) is 66.1 cm³/mol. The van der Waals surface area contributed by atoms with Gasteiger partial charge in [0.15, 0.2) is 11.6 Å². The maximum atomic E-state index is 13.5. The zero-order chi connectivity index (χ0) is 12.4. The number of thiophene rings is 1. The van der Waals surface area contributed by atoms with Gasteiger partial charge in [-0.05, 0) is 36.8 Å². The summed E-state index contributed by atoms with van der Waals surface area (Å²) in [6.07, 6.45) is -0.783. The highest BCUT2D eigenvalue weighted by Crippen LogP contribution is 2.30. The Hall–Kier alpha value is -1.39. The molecule has 17 heavy (non-hydrogen) atoms. The van der Waals surface area contributed by atoms with Gasteiger partial charge in [0.1, 0.15) is 6.10 Å². The van der Waals surface area contributed by atoms with E-state index < -0.39 is 11.9 Å². The molecule has 2 nitrogen and oxygen atoms in total. The van der Waals surface area contributed by atoms with Gasteiger partial charge in [-0.25, -0.2) is 4.39 Å². The average molecular weight is 252 g/mol. The minimum Gasteiger partial charge on any atom is -0.494 e. The van der Waals surface area contributed by atoms with Crippen molar-refractivity contribution in [2.75, 3.05) is 7.11 Å². The van der Waals surface area contributed by atoms with Crippen LogP contribution in [0.25, 0.3) is 0 Å². The van der Waals surface area contributed by atoms with E-state index in [2.05, 4.69) is 0 Å². The number of methoxy groups -OCH3 is 1. The Kier molecular flexibility index (Phi) is 3.45. The fraction of sp³-hybridized carbons (Fsp3) is 0.231. The Morgan fingerprint density at radius 3 is 2.59 bits per heavy atom. The van der Waals surface area contributed by atoms with E-state index in [9.17, 15) is 9.50 Å². The largest absolute Gasteiger partial charge is 0.494 e. The number of aliphatic hydroxyl groups excluding tert-OH is 1. The number of rotatable bonds is 3. The minimum atomic E-state index is -0.783. The molecule has 0 unspecified atom stereocenters. The second-order valence-electron chi connectivity index (χ2n) is 3.74. The summed E-state index contributed by atoms with van der Waals surface area (Å²) >= 11 is 1.50. The van der Waals surface area contributed by atoms with Gasteiger partial charge >= 0.3 is 0 Å². The van der Waals surface area contributed by atoms with E-state index in [0.29, 0.717) is 5.56 Å². The molecule has 0 aliphatic rings. The molecule has 1 atom stereocenters. The van der Waals surface area contributed by atoms with Crippen molar-refractivity contribution < 1.29 is 14.2 Å². The van der Waals surface area contributed by atoms with Crippen molar-refractivity contribution in [3.8, 4) is 5.75 Å². The monoisotopic (exact) mass is 252 g/mol. The van der Waals surface area contributed by atoms with Crippen molar-refractivity contribution in [2.24, 2.45) is 0 Å². The lowest BCUT2D eigenvalue weighted by Crippen LogP contribution is -1.98. The van der Waals surface area contributed by atoms with E-state index in [-0.39, 0.29) is 5.75 Å². The molecule has 0 saturated carbocycles. The number of halogens is 1. The third-order valence-corrected chi connectivity index (χ3v) is 3.58.